The Balaban J connectivity index is 1.55. The van der Waals surface area contributed by atoms with Gasteiger partial charge in [-0.1, -0.05) is 12.5 Å². The highest BCUT2D eigenvalue weighted by Crippen LogP contribution is 2.36. The average molecular weight is 290 g/mol. The van der Waals surface area contributed by atoms with Crippen molar-refractivity contribution in [3.8, 4) is 0 Å². The van der Waals surface area contributed by atoms with Crippen LogP contribution in [-0.2, 0) is 11.2 Å². The molecule has 1 aromatic rings. The van der Waals surface area contributed by atoms with Crippen LogP contribution >= 0.6 is 0 Å². The van der Waals surface area contributed by atoms with Crippen molar-refractivity contribution < 1.29 is 9.90 Å². The number of aliphatic hydroxyl groups excluding tert-OH is 1. The smallest absolute Gasteiger partial charge is 0.248 e. The van der Waals surface area contributed by atoms with Crippen LogP contribution in [0.1, 0.15) is 31.4 Å². The SMILES string of the molecule is O=C(CCc1cccc(=O)[nH]1)N1CC2CCCC(O)C2C1. The van der Waals surface area contributed by atoms with Crippen LogP contribution in [0.15, 0.2) is 23.0 Å². The normalized spacial score (nSPS) is 28.4. The van der Waals surface area contributed by atoms with Crippen molar-refractivity contribution in [2.75, 3.05) is 13.1 Å². The molecule has 1 aliphatic heterocycles. The molecule has 0 radical (unpaired) electrons. The number of aromatic amines is 1. The summed E-state index contributed by atoms with van der Waals surface area (Å²) in [6, 6.07) is 5.01. The molecule has 3 atom stereocenters. The molecule has 2 aliphatic rings. The molecule has 21 heavy (non-hydrogen) atoms. The lowest BCUT2D eigenvalue weighted by molar-refractivity contribution is -0.130. The fourth-order valence-corrected chi connectivity index (χ4v) is 3.68. The first-order chi connectivity index (χ1) is 10.1. The number of nitrogens with one attached hydrogen (secondary N) is 1. The third-order valence-electron chi connectivity index (χ3n) is 4.85. The van der Waals surface area contributed by atoms with Crippen LogP contribution < -0.4 is 5.56 Å². The number of carbonyl (C=O) groups excluding carboxylic acids is 1. The Morgan fingerprint density at radius 2 is 2.19 bits per heavy atom. The van der Waals surface area contributed by atoms with Crippen molar-refractivity contribution in [3.63, 3.8) is 0 Å². The van der Waals surface area contributed by atoms with E-state index in [1.54, 1.807) is 6.07 Å². The van der Waals surface area contributed by atoms with Crippen LogP contribution in [0, 0.1) is 11.8 Å². The van der Waals surface area contributed by atoms with Crippen molar-refractivity contribution in [3.05, 3.63) is 34.2 Å². The summed E-state index contributed by atoms with van der Waals surface area (Å²) >= 11 is 0. The summed E-state index contributed by atoms with van der Waals surface area (Å²) < 4.78 is 0. The first-order valence-corrected chi connectivity index (χ1v) is 7.77. The Kier molecular flexibility index (Phi) is 4.10. The van der Waals surface area contributed by atoms with Gasteiger partial charge >= 0.3 is 0 Å². The number of rotatable bonds is 3. The number of nitrogens with zero attached hydrogens (tertiary/aromatic N) is 1. The molecule has 1 aliphatic carbocycles. The highest BCUT2D eigenvalue weighted by Gasteiger charge is 2.40. The standard InChI is InChI=1S/C16H22N2O3/c19-14-5-1-3-11-9-18(10-13(11)14)16(21)8-7-12-4-2-6-15(20)17-12/h2,4,6,11,13-14,19H,1,3,5,7-10H2,(H,17,20). The first-order valence-electron chi connectivity index (χ1n) is 7.77. The number of carbonyl (C=O) groups is 1. The zero-order valence-corrected chi connectivity index (χ0v) is 12.1. The minimum absolute atomic E-state index is 0.126. The van der Waals surface area contributed by atoms with Gasteiger partial charge in [-0.25, -0.2) is 0 Å². The zero-order valence-electron chi connectivity index (χ0n) is 12.1. The quantitative estimate of drug-likeness (QED) is 0.869. The summed E-state index contributed by atoms with van der Waals surface area (Å²) in [5, 5.41) is 10.0. The minimum atomic E-state index is -0.243. The van der Waals surface area contributed by atoms with Gasteiger partial charge in [0.1, 0.15) is 0 Å². The molecule has 3 rings (SSSR count). The van der Waals surface area contributed by atoms with Gasteiger partial charge < -0.3 is 15.0 Å². The largest absolute Gasteiger partial charge is 0.393 e. The fraction of sp³-hybridized carbons (Fsp3) is 0.625. The van der Waals surface area contributed by atoms with Gasteiger partial charge in [0, 0.05) is 37.2 Å². The molecule has 0 aromatic carbocycles. The number of fused-ring (bicyclic) bond motifs is 1. The summed E-state index contributed by atoms with van der Waals surface area (Å²) in [6.45, 7) is 1.47. The molecule has 1 aromatic heterocycles. The summed E-state index contributed by atoms with van der Waals surface area (Å²) in [5.74, 6) is 0.856. The lowest BCUT2D eigenvalue weighted by atomic mass is 9.80. The van der Waals surface area contributed by atoms with Gasteiger partial charge in [-0.05, 0) is 31.2 Å². The maximum Gasteiger partial charge on any atom is 0.248 e. The van der Waals surface area contributed by atoms with Gasteiger partial charge in [-0.3, -0.25) is 9.59 Å². The Hall–Kier alpha value is -1.62. The van der Waals surface area contributed by atoms with E-state index in [9.17, 15) is 14.7 Å². The van der Waals surface area contributed by atoms with Crippen molar-refractivity contribution in [2.24, 2.45) is 11.8 Å². The number of amides is 1. The first kappa shape index (κ1) is 14.3. The number of likely N-dealkylation sites (tertiary alicyclic amines) is 1. The Morgan fingerprint density at radius 3 is 2.95 bits per heavy atom. The second kappa shape index (κ2) is 6.02. The molecule has 1 saturated carbocycles. The lowest BCUT2D eigenvalue weighted by Gasteiger charge is -2.28. The zero-order chi connectivity index (χ0) is 14.8. The molecule has 3 unspecified atom stereocenters. The molecule has 0 spiro atoms. The van der Waals surface area contributed by atoms with E-state index in [1.807, 2.05) is 11.0 Å². The van der Waals surface area contributed by atoms with E-state index in [4.69, 9.17) is 0 Å². The van der Waals surface area contributed by atoms with Gasteiger partial charge in [0.15, 0.2) is 0 Å². The Labute approximate surface area is 124 Å². The number of hydrogen-bond donors (Lipinski definition) is 2. The third-order valence-corrected chi connectivity index (χ3v) is 4.85. The number of pyridine rings is 1. The molecule has 0 bridgehead atoms. The van der Waals surface area contributed by atoms with Gasteiger partial charge in [-0.2, -0.15) is 0 Å². The second-order valence-electron chi connectivity index (χ2n) is 6.26. The minimum Gasteiger partial charge on any atom is -0.393 e. The second-order valence-corrected chi connectivity index (χ2v) is 6.26. The summed E-state index contributed by atoms with van der Waals surface area (Å²) in [6.07, 6.45) is 3.78. The van der Waals surface area contributed by atoms with E-state index >= 15 is 0 Å². The predicted octanol–water partition coefficient (Wildman–Crippen LogP) is 0.927. The number of aromatic nitrogens is 1. The number of aliphatic hydroxyl groups is 1. The maximum absolute atomic E-state index is 12.3. The topological polar surface area (TPSA) is 73.4 Å². The highest BCUT2D eigenvalue weighted by molar-refractivity contribution is 5.76. The molecule has 2 fully saturated rings. The van der Waals surface area contributed by atoms with E-state index in [-0.39, 0.29) is 23.5 Å². The Bertz CT molecular complexity index is 569. The molecule has 5 heteroatoms. The highest BCUT2D eigenvalue weighted by atomic mass is 16.3. The monoisotopic (exact) mass is 290 g/mol. The van der Waals surface area contributed by atoms with Crippen molar-refractivity contribution in [2.45, 2.75) is 38.2 Å². The molecule has 2 N–H and O–H groups in total. The fourth-order valence-electron chi connectivity index (χ4n) is 3.68. The Morgan fingerprint density at radius 1 is 1.33 bits per heavy atom. The van der Waals surface area contributed by atoms with E-state index < -0.39 is 0 Å². The molecule has 2 heterocycles. The molecule has 1 amide bonds. The molecule has 5 nitrogen and oxygen atoms in total. The van der Waals surface area contributed by atoms with Crippen molar-refractivity contribution in [1.82, 2.24) is 9.88 Å². The molecular weight excluding hydrogens is 268 g/mol. The van der Waals surface area contributed by atoms with Gasteiger partial charge in [-0.15, -0.1) is 0 Å². The van der Waals surface area contributed by atoms with Gasteiger partial charge in [0.05, 0.1) is 6.10 Å². The van der Waals surface area contributed by atoms with E-state index in [1.165, 1.54) is 6.07 Å². The third kappa shape index (κ3) is 3.18. The predicted molar refractivity (Wildman–Crippen MR) is 78.8 cm³/mol. The number of aryl methyl sites for hydroxylation is 1. The van der Waals surface area contributed by atoms with Crippen molar-refractivity contribution in [1.29, 1.82) is 0 Å². The average Bonchev–Trinajstić information content (AvgIpc) is 2.90. The lowest BCUT2D eigenvalue weighted by Crippen LogP contribution is -2.32. The van der Waals surface area contributed by atoms with Crippen molar-refractivity contribution >= 4 is 5.91 Å². The van der Waals surface area contributed by atoms with E-state index in [0.29, 0.717) is 25.3 Å². The molecule has 114 valence electrons. The van der Waals surface area contributed by atoms with Crippen LogP contribution in [0.2, 0.25) is 0 Å². The van der Waals surface area contributed by atoms with Crippen LogP contribution in [0.4, 0.5) is 0 Å². The number of hydrogen-bond acceptors (Lipinski definition) is 3. The van der Waals surface area contributed by atoms with E-state index in [2.05, 4.69) is 4.98 Å². The maximum atomic E-state index is 12.3. The van der Waals surface area contributed by atoms with Crippen LogP contribution in [0.3, 0.4) is 0 Å². The molecular formula is C16H22N2O3. The van der Waals surface area contributed by atoms with Crippen LogP contribution in [0.25, 0.3) is 0 Å². The number of H-pyrrole nitrogens is 1. The molecule has 1 saturated heterocycles. The summed E-state index contributed by atoms with van der Waals surface area (Å²) in [4.78, 5) is 28.2. The van der Waals surface area contributed by atoms with Gasteiger partial charge in [0.2, 0.25) is 11.5 Å². The van der Waals surface area contributed by atoms with Crippen LogP contribution in [-0.4, -0.2) is 40.1 Å². The van der Waals surface area contributed by atoms with E-state index in [0.717, 1.165) is 31.5 Å². The van der Waals surface area contributed by atoms with Crippen LogP contribution in [0.5, 0.6) is 0 Å². The summed E-state index contributed by atoms with van der Waals surface area (Å²) in [7, 11) is 0. The summed E-state index contributed by atoms with van der Waals surface area (Å²) in [5.41, 5.74) is 0.669. The van der Waals surface area contributed by atoms with Gasteiger partial charge in [0.25, 0.3) is 0 Å².